The second-order valence-electron chi connectivity index (χ2n) is 25.1. The minimum absolute atomic E-state index is 0.0849. The summed E-state index contributed by atoms with van der Waals surface area (Å²) in [4.78, 5) is 58.5. The van der Waals surface area contributed by atoms with E-state index in [-0.39, 0.29) is 19.3 Å². The van der Waals surface area contributed by atoms with E-state index in [1.807, 2.05) is 0 Å². The minimum atomic E-state index is -4.94. The summed E-state index contributed by atoms with van der Waals surface area (Å²) in [5, 5.41) is 20.6. The molecule has 0 aromatic rings. The Hall–Kier alpha value is -4.05. The number of carbonyl (C=O) groups is 3. The van der Waals surface area contributed by atoms with Crippen LogP contribution in [0.1, 0.15) is 303 Å². The highest BCUT2D eigenvalue weighted by Crippen LogP contribution is 2.45. The molecule has 0 amide bonds. The van der Waals surface area contributed by atoms with Crippen molar-refractivity contribution < 1.29 is 75.8 Å². The number of unbranched alkanes of at least 4 members (excludes halogenated alkanes) is 28. The van der Waals surface area contributed by atoms with E-state index in [2.05, 4.69) is 142 Å². The van der Waals surface area contributed by atoms with Gasteiger partial charge in [-0.05, 0) is 135 Å². The molecule has 558 valence electrons. The zero-order valence-electron chi connectivity index (χ0n) is 60.7. The van der Waals surface area contributed by atoms with Gasteiger partial charge >= 0.3 is 33.6 Å². The fourth-order valence-electron chi connectivity index (χ4n) is 9.87. The van der Waals surface area contributed by atoms with Gasteiger partial charge in [0.15, 0.2) is 6.10 Å². The van der Waals surface area contributed by atoms with E-state index in [9.17, 15) is 43.5 Å². The number of hydrogen-bond donors (Lipinski definition) is 4. The van der Waals surface area contributed by atoms with Crippen molar-refractivity contribution in [2.75, 3.05) is 39.6 Å². The number of hydrogen-bond acceptors (Lipinski definition) is 14. The number of ether oxygens (including phenoxy) is 3. The average molecular weight is 1400 g/mol. The number of aliphatic hydroxyl groups is 2. The molecule has 16 nitrogen and oxygen atoms in total. The molecule has 0 saturated heterocycles. The topological polar surface area (TPSA) is 231 Å². The molecule has 0 aliphatic heterocycles. The van der Waals surface area contributed by atoms with Gasteiger partial charge in [0.25, 0.3) is 0 Å². The summed E-state index contributed by atoms with van der Waals surface area (Å²) in [5.41, 5.74) is 0. The van der Waals surface area contributed by atoms with Gasteiger partial charge in [0, 0.05) is 19.3 Å². The molecule has 0 aromatic carbocycles. The zero-order valence-corrected chi connectivity index (χ0v) is 62.5. The van der Waals surface area contributed by atoms with Gasteiger partial charge in [-0.3, -0.25) is 32.5 Å². The molecule has 4 N–H and O–H groups in total. The predicted octanol–water partition coefficient (Wildman–Crippen LogP) is 21.8. The van der Waals surface area contributed by atoms with Gasteiger partial charge in [0.05, 0.1) is 26.4 Å². The summed E-state index contributed by atoms with van der Waals surface area (Å²) in [5.74, 6) is -1.62. The van der Waals surface area contributed by atoms with E-state index in [0.717, 1.165) is 135 Å². The molecular weight excluding hydrogens is 1270 g/mol. The Bertz CT molecular complexity index is 2250. The number of allylic oxidation sites excluding steroid dienone is 20. The molecule has 0 heterocycles. The van der Waals surface area contributed by atoms with Gasteiger partial charge in [-0.15, -0.1) is 0 Å². The molecule has 5 atom stereocenters. The molecule has 0 spiro atoms. The Kier molecular flexibility index (Phi) is 68.8. The Labute approximate surface area is 589 Å². The largest absolute Gasteiger partial charge is 0.472 e. The number of esters is 3. The second-order valence-corrected chi connectivity index (χ2v) is 28.0. The Morgan fingerprint density at radius 1 is 0.299 bits per heavy atom. The van der Waals surface area contributed by atoms with Crippen molar-refractivity contribution in [3.8, 4) is 0 Å². The lowest BCUT2D eigenvalue weighted by Gasteiger charge is -2.21. The van der Waals surface area contributed by atoms with Gasteiger partial charge in [0.1, 0.15) is 25.4 Å². The highest BCUT2D eigenvalue weighted by Gasteiger charge is 2.29. The fraction of sp³-hybridized carbons (Fsp3) is 0.709. The van der Waals surface area contributed by atoms with Gasteiger partial charge in [-0.2, -0.15) is 0 Å². The molecule has 0 aliphatic carbocycles. The number of aliphatic hydroxyl groups excluding tert-OH is 2. The molecule has 0 bridgehead atoms. The zero-order chi connectivity index (χ0) is 70.9. The van der Waals surface area contributed by atoms with Crippen LogP contribution in [-0.2, 0) is 55.8 Å². The maximum Gasteiger partial charge on any atom is 0.472 e. The van der Waals surface area contributed by atoms with Gasteiger partial charge in [-0.25, -0.2) is 9.13 Å². The van der Waals surface area contributed by atoms with Crippen LogP contribution < -0.4 is 0 Å². The Morgan fingerprint density at radius 2 is 0.546 bits per heavy atom. The summed E-state index contributed by atoms with van der Waals surface area (Å²) in [6.07, 6.45) is 84.0. The lowest BCUT2D eigenvalue weighted by Crippen LogP contribution is -2.30. The first kappa shape index (κ1) is 93.0. The van der Waals surface area contributed by atoms with E-state index in [1.165, 1.54) is 109 Å². The van der Waals surface area contributed by atoms with E-state index in [0.29, 0.717) is 19.3 Å². The summed E-state index contributed by atoms with van der Waals surface area (Å²) < 4.78 is 61.0. The Balaban J connectivity index is 4.51. The van der Waals surface area contributed by atoms with Crippen LogP contribution in [0.5, 0.6) is 0 Å². The van der Waals surface area contributed by atoms with Crippen LogP contribution in [0.15, 0.2) is 122 Å². The quantitative estimate of drug-likeness (QED) is 0.0146. The van der Waals surface area contributed by atoms with Gasteiger partial charge < -0.3 is 34.2 Å². The molecule has 97 heavy (non-hydrogen) atoms. The van der Waals surface area contributed by atoms with E-state index >= 15 is 0 Å². The smallest absolute Gasteiger partial charge is 0.463 e. The molecule has 5 unspecified atom stereocenters. The third-order valence-corrected chi connectivity index (χ3v) is 17.5. The molecule has 0 fully saturated rings. The van der Waals surface area contributed by atoms with Crippen LogP contribution in [-0.4, -0.2) is 95.9 Å². The summed E-state index contributed by atoms with van der Waals surface area (Å²) >= 11 is 0. The SMILES string of the molecule is CC/C=C\C/C=C\C/C=C\C/C=C\C/C=C\CCCCCC(=O)OCC(COP(=O)(O)OCC(O)COP(=O)(O)OCC(O)COC(=O)CCCCCCCCCCCCCCC/C=C\C/C=C\C/C=C\C/C=C\CCCCC)OC(=O)CCCCCCC/C=C\CCCCCC. The van der Waals surface area contributed by atoms with Crippen molar-refractivity contribution in [1.82, 2.24) is 0 Å². The molecule has 0 aromatic heterocycles. The van der Waals surface area contributed by atoms with Crippen LogP contribution in [0.3, 0.4) is 0 Å². The van der Waals surface area contributed by atoms with E-state index in [1.54, 1.807) is 0 Å². The summed E-state index contributed by atoms with van der Waals surface area (Å²) in [6.45, 7) is 2.47. The second kappa shape index (κ2) is 71.8. The normalized spacial score (nSPS) is 14.8. The molecule has 0 aliphatic rings. The third kappa shape index (κ3) is 73.0. The van der Waals surface area contributed by atoms with Crippen LogP contribution in [0.2, 0.25) is 0 Å². The standard InChI is InChI=1S/C79H136O16P2/c1-4-7-10-13-16-19-22-25-27-29-31-32-33-34-35-36-37-38-39-40-42-44-45-48-50-53-56-59-62-65-77(82)89-68-74(80)69-91-96(85,86)92-70-75(81)71-93-97(87,88)94-73-76(95-79(84)67-64-61-58-55-52-47-24-21-18-15-12-9-6-3)72-90-78(83)66-63-60-57-54-51-49-46-43-41-30-28-26-23-20-17-14-11-8-5-2/h8,11,16-17,19-21,24-28,31-32,34-35,41,43,49,51,74-76,80-81H,4-7,9-10,12-15,18,22-23,29-30,33,36-40,42,44-48,50,52-73H2,1-3H3,(H,85,86)(H,87,88)/b11-8-,19-16-,20-17-,24-21-,27-25-,28-26-,32-31-,35-34-,43-41-,51-49-. The number of phosphoric acid groups is 2. The lowest BCUT2D eigenvalue weighted by atomic mass is 10.0. The van der Waals surface area contributed by atoms with Crippen molar-refractivity contribution in [2.24, 2.45) is 0 Å². The first-order chi connectivity index (χ1) is 47.2. The number of phosphoric ester groups is 2. The van der Waals surface area contributed by atoms with E-state index < -0.39 is 91.5 Å². The third-order valence-electron chi connectivity index (χ3n) is 15.6. The monoisotopic (exact) mass is 1400 g/mol. The fourth-order valence-corrected chi connectivity index (χ4v) is 11.5. The highest BCUT2D eigenvalue weighted by molar-refractivity contribution is 7.47. The average Bonchev–Trinajstić information content (AvgIpc) is 2.57. The van der Waals surface area contributed by atoms with Crippen molar-refractivity contribution in [3.05, 3.63) is 122 Å². The van der Waals surface area contributed by atoms with Crippen LogP contribution >= 0.6 is 15.6 Å². The summed E-state index contributed by atoms with van der Waals surface area (Å²) in [6, 6.07) is 0. The number of carbonyl (C=O) groups excluding carboxylic acids is 3. The molecule has 0 radical (unpaired) electrons. The van der Waals surface area contributed by atoms with Gasteiger partial charge in [-0.1, -0.05) is 271 Å². The first-order valence-corrected chi connectivity index (χ1v) is 40.8. The molecule has 0 rings (SSSR count). The number of rotatable bonds is 71. The van der Waals surface area contributed by atoms with Crippen molar-refractivity contribution >= 4 is 33.6 Å². The molecule has 18 heteroatoms. The van der Waals surface area contributed by atoms with Crippen LogP contribution in [0.4, 0.5) is 0 Å². The minimum Gasteiger partial charge on any atom is -0.463 e. The lowest BCUT2D eigenvalue weighted by molar-refractivity contribution is -0.161. The van der Waals surface area contributed by atoms with E-state index in [4.69, 9.17) is 32.3 Å². The molecule has 0 saturated carbocycles. The predicted molar refractivity (Wildman–Crippen MR) is 399 cm³/mol. The summed E-state index contributed by atoms with van der Waals surface area (Å²) in [7, 11) is -9.79. The maximum atomic E-state index is 12.9. The first-order valence-electron chi connectivity index (χ1n) is 37.8. The Morgan fingerprint density at radius 3 is 0.907 bits per heavy atom. The van der Waals surface area contributed by atoms with Crippen LogP contribution in [0, 0.1) is 0 Å². The van der Waals surface area contributed by atoms with Crippen LogP contribution in [0.25, 0.3) is 0 Å². The van der Waals surface area contributed by atoms with Gasteiger partial charge in [0.2, 0.25) is 0 Å². The maximum absolute atomic E-state index is 12.9. The van der Waals surface area contributed by atoms with Crippen molar-refractivity contribution in [3.63, 3.8) is 0 Å². The highest BCUT2D eigenvalue weighted by atomic mass is 31.2. The van der Waals surface area contributed by atoms with Crippen molar-refractivity contribution in [1.29, 1.82) is 0 Å². The van der Waals surface area contributed by atoms with Crippen molar-refractivity contribution in [2.45, 2.75) is 322 Å². The molecular formula is C79H136O16P2.